The zero-order valence-electron chi connectivity index (χ0n) is 34.5. The third kappa shape index (κ3) is 13.4. The fraction of sp³-hybridized carbons (Fsp3) is 0.595. The molecule has 2 saturated heterocycles. The lowest BCUT2D eigenvalue weighted by atomic mass is 9.76. The molecular weight excluding hydrogens is 789 g/mol. The number of aliphatic hydroxyl groups is 2. The van der Waals surface area contributed by atoms with Crippen LogP contribution < -0.4 is 10.1 Å². The largest absolute Gasteiger partial charge is 0.453 e. The minimum Gasteiger partial charge on any atom is -0.453 e. The summed E-state index contributed by atoms with van der Waals surface area (Å²) >= 11 is 0. The number of Topliss-reactive ketones (excluding diaryl/α,β-unsaturated/α-hetero) is 1. The van der Waals surface area contributed by atoms with Gasteiger partial charge >= 0.3 is 12.1 Å². The zero-order valence-corrected chi connectivity index (χ0v) is 36.1. The van der Waals surface area contributed by atoms with Crippen LogP contribution in [0.15, 0.2) is 65.4 Å². The quantitative estimate of drug-likeness (QED) is 0.0672. The van der Waals surface area contributed by atoms with E-state index in [9.17, 15) is 24.6 Å². The molecule has 0 saturated carbocycles. The van der Waals surface area contributed by atoms with E-state index >= 15 is 0 Å². The average Bonchev–Trinajstić information content (AvgIpc) is 3.18. The molecule has 16 heteroatoms. The molecule has 3 aliphatic rings. The van der Waals surface area contributed by atoms with Crippen LogP contribution in [0.3, 0.4) is 0 Å². The monoisotopic (exact) mass is 846 g/mol. The summed E-state index contributed by atoms with van der Waals surface area (Å²) in [7, 11) is 5.98. The molecule has 1 aromatic rings. The van der Waals surface area contributed by atoms with Crippen LogP contribution in [0, 0.1) is 11.8 Å². The Kier molecular flexibility index (Phi) is 18.8. The normalized spacial score (nSPS) is 29.1. The van der Waals surface area contributed by atoms with Crippen molar-refractivity contribution < 1.29 is 57.8 Å². The second kappa shape index (κ2) is 23.0. The fourth-order valence-electron chi connectivity index (χ4n) is 6.93. The summed E-state index contributed by atoms with van der Waals surface area (Å²) in [6, 6.07) is 8.54. The maximum absolute atomic E-state index is 13.7. The molecule has 0 spiro atoms. The third-order valence-electron chi connectivity index (χ3n) is 9.64. The first kappa shape index (κ1) is 47.5. The predicted octanol–water partition coefficient (Wildman–Crippen LogP) is 4.94. The Morgan fingerprint density at radius 2 is 1.93 bits per heavy atom. The van der Waals surface area contributed by atoms with E-state index in [0.717, 1.165) is 0 Å². The Bertz CT molecular complexity index is 1690. The summed E-state index contributed by atoms with van der Waals surface area (Å²) in [5.74, 6) is 5.92. The number of ketones is 1. The molecular formula is C42H58N2O12S2. The Morgan fingerprint density at radius 3 is 2.59 bits per heavy atom. The molecule has 9 atom stereocenters. The molecule has 0 bridgehead atoms. The number of hydrogen-bond donors (Lipinski definition) is 3. The number of aliphatic hydroxyl groups excluding tert-OH is 1. The zero-order chi connectivity index (χ0) is 42.4. The number of carbonyl (C=O) groups is 3. The number of nitrogens with zero attached hydrogens (tertiary/aromatic N) is 1. The molecule has 58 heavy (non-hydrogen) atoms. The SMILES string of the molecule is C/C=C\C#C[C@H](O[C@@H]1O[C@H](C)C[C@H](O)[C@H]1O[C@H]1C[C@H](OC)[C@@H](N(CC)CC(=O)Oc2ccccc2)CO1)C1=C(NC(=O)OC)C(=O)C[C@](C)(O)/C1=C/CSSC(C)C. The van der Waals surface area contributed by atoms with E-state index in [1.807, 2.05) is 17.9 Å². The molecule has 0 radical (unpaired) electrons. The highest BCUT2D eigenvalue weighted by Gasteiger charge is 2.47. The van der Waals surface area contributed by atoms with Gasteiger partial charge in [-0.2, -0.15) is 0 Å². The van der Waals surface area contributed by atoms with Crippen molar-refractivity contribution in [3.63, 3.8) is 0 Å². The van der Waals surface area contributed by atoms with Gasteiger partial charge in [0, 0.05) is 42.9 Å². The Labute approximate surface area is 349 Å². The molecule has 2 aliphatic heterocycles. The van der Waals surface area contributed by atoms with Gasteiger partial charge in [0.1, 0.15) is 18.0 Å². The number of nitrogens with one attached hydrogen (secondary N) is 1. The molecule has 1 aliphatic carbocycles. The number of carbonyl (C=O) groups excluding carboxylic acids is 3. The van der Waals surface area contributed by atoms with Gasteiger partial charge in [0.15, 0.2) is 18.4 Å². The number of esters is 1. The van der Waals surface area contributed by atoms with Gasteiger partial charge in [-0.3, -0.25) is 19.8 Å². The highest BCUT2D eigenvalue weighted by Crippen LogP contribution is 2.40. The second-order valence-corrected chi connectivity index (χ2v) is 17.5. The van der Waals surface area contributed by atoms with Gasteiger partial charge in [-0.1, -0.05) is 84.6 Å². The van der Waals surface area contributed by atoms with Gasteiger partial charge < -0.3 is 43.4 Å². The van der Waals surface area contributed by atoms with Crippen LogP contribution in [0.4, 0.5) is 4.79 Å². The van der Waals surface area contributed by atoms with Crippen molar-refractivity contribution in [2.75, 3.05) is 39.7 Å². The first-order valence-electron chi connectivity index (χ1n) is 19.5. The summed E-state index contributed by atoms with van der Waals surface area (Å²) in [5.41, 5.74) is -1.31. The Balaban J connectivity index is 1.63. The van der Waals surface area contributed by atoms with Crippen LogP contribution in [0.1, 0.15) is 60.8 Å². The summed E-state index contributed by atoms with van der Waals surface area (Å²) in [6.45, 7) is 11.9. The highest BCUT2D eigenvalue weighted by atomic mass is 33.1. The number of benzene rings is 1. The Morgan fingerprint density at radius 1 is 1.19 bits per heavy atom. The lowest BCUT2D eigenvalue weighted by molar-refractivity contribution is -0.321. The van der Waals surface area contributed by atoms with Crippen molar-refractivity contribution >= 4 is 39.4 Å². The van der Waals surface area contributed by atoms with Gasteiger partial charge in [0.2, 0.25) is 0 Å². The minimum atomic E-state index is -1.65. The second-order valence-electron chi connectivity index (χ2n) is 14.5. The Hall–Kier alpha value is -3.21. The van der Waals surface area contributed by atoms with Gasteiger partial charge in [0.25, 0.3) is 0 Å². The van der Waals surface area contributed by atoms with Crippen molar-refractivity contribution in [3.05, 3.63) is 65.4 Å². The van der Waals surface area contributed by atoms with Gasteiger partial charge in [0.05, 0.1) is 55.9 Å². The lowest BCUT2D eigenvalue weighted by Crippen LogP contribution is -2.57. The molecule has 1 aromatic carbocycles. The molecule has 1 amide bonds. The van der Waals surface area contributed by atoms with Crippen molar-refractivity contribution in [2.45, 2.75) is 121 Å². The van der Waals surface area contributed by atoms with Crippen LogP contribution >= 0.6 is 21.6 Å². The van der Waals surface area contributed by atoms with Crippen LogP contribution in [-0.2, 0) is 38.0 Å². The van der Waals surface area contributed by atoms with E-state index in [1.54, 1.807) is 85.0 Å². The molecule has 0 unspecified atom stereocenters. The molecule has 320 valence electrons. The van der Waals surface area contributed by atoms with Crippen molar-refractivity contribution in [1.82, 2.24) is 10.2 Å². The van der Waals surface area contributed by atoms with Gasteiger partial charge in [-0.25, -0.2) is 4.79 Å². The minimum absolute atomic E-state index is 0.00712. The number of ether oxygens (including phenoxy) is 7. The molecule has 2 heterocycles. The van der Waals surface area contributed by atoms with Crippen molar-refractivity contribution in [3.8, 4) is 17.6 Å². The van der Waals surface area contributed by atoms with E-state index in [-0.39, 0.29) is 49.7 Å². The van der Waals surface area contributed by atoms with Gasteiger partial charge in [-0.15, -0.1) is 0 Å². The number of alkyl carbamates (subject to hydrolysis) is 1. The molecule has 0 aromatic heterocycles. The van der Waals surface area contributed by atoms with Crippen LogP contribution in [0.2, 0.25) is 0 Å². The molecule has 2 fully saturated rings. The van der Waals surface area contributed by atoms with Crippen LogP contribution in [0.25, 0.3) is 0 Å². The third-order valence-corrected chi connectivity index (χ3v) is 12.4. The van der Waals surface area contributed by atoms with E-state index in [0.29, 0.717) is 28.9 Å². The summed E-state index contributed by atoms with van der Waals surface area (Å²) < 4.78 is 41.9. The van der Waals surface area contributed by atoms with E-state index < -0.39 is 66.5 Å². The summed E-state index contributed by atoms with van der Waals surface area (Å²) in [6.07, 6.45) is -2.09. The number of methoxy groups -OCH3 is 2. The number of para-hydroxylation sites is 1. The molecule has 14 nitrogen and oxygen atoms in total. The van der Waals surface area contributed by atoms with Crippen molar-refractivity contribution in [1.29, 1.82) is 0 Å². The fourth-order valence-corrected chi connectivity index (χ4v) is 8.77. The standard InChI is InChI=1S/C42H58N2O12S2/c1-9-11-13-18-33(37-29(19-20-57-58-26(3)4)42(6,49)23-32(46)38(37)43-41(48)51-8)55-40-39(31(45)21-27(5)53-40)56-36-22-34(50-7)30(25-52-36)44(10-2)24-35(47)54-28-16-14-12-15-17-28/h9,11-12,14-17,19,26-27,30-31,33-34,36,39-40,45,49H,10,20-25H2,1-8H3,(H,43,48)/b11-9-,29-19+/t27-,30+,31+,33+,34+,36+,39-,40+,42+/m1/s1. The number of allylic oxidation sites excluding steroid dienone is 3. The molecule has 4 rings (SSSR count). The van der Waals surface area contributed by atoms with Crippen LogP contribution in [0.5, 0.6) is 5.75 Å². The summed E-state index contributed by atoms with van der Waals surface area (Å²) in [5, 5.41) is 26.1. The first-order valence-corrected chi connectivity index (χ1v) is 21.8. The van der Waals surface area contributed by atoms with E-state index in [2.05, 4.69) is 31.0 Å². The van der Waals surface area contributed by atoms with E-state index in [4.69, 9.17) is 33.2 Å². The number of amides is 1. The smallest absolute Gasteiger partial charge is 0.411 e. The topological polar surface area (TPSA) is 172 Å². The highest BCUT2D eigenvalue weighted by molar-refractivity contribution is 8.77. The number of likely N-dealkylation sites (N-methyl/N-ethyl adjacent to an activating group) is 1. The maximum atomic E-state index is 13.7. The predicted molar refractivity (Wildman–Crippen MR) is 222 cm³/mol. The summed E-state index contributed by atoms with van der Waals surface area (Å²) in [4.78, 5) is 41.1. The lowest BCUT2D eigenvalue weighted by Gasteiger charge is -2.44. The molecule has 3 N–H and O–H groups in total. The average molecular weight is 847 g/mol. The first-order chi connectivity index (χ1) is 27.7. The number of rotatable bonds is 16. The maximum Gasteiger partial charge on any atom is 0.411 e. The van der Waals surface area contributed by atoms with E-state index in [1.165, 1.54) is 14.0 Å². The van der Waals surface area contributed by atoms with Crippen molar-refractivity contribution in [2.24, 2.45) is 0 Å². The number of hydrogen-bond acceptors (Lipinski definition) is 15. The van der Waals surface area contributed by atoms with Gasteiger partial charge in [-0.05, 0) is 51.1 Å². The van der Waals surface area contributed by atoms with Crippen LogP contribution in [-0.4, -0.2) is 133 Å².